The number of anilines is 1. The van der Waals surface area contributed by atoms with E-state index >= 15 is 0 Å². The Morgan fingerprint density at radius 3 is 2.61 bits per heavy atom. The van der Waals surface area contributed by atoms with Crippen LogP contribution in [-0.2, 0) is 6.54 Å². The smallest absolute Gasteiger partial charge is 0.253 e. The topological polar surface area (TPSA) is 58.1 Å². The molecule has 23 heavy (non-hydrogen) atoms. The van der Waals surface area contributed by atoms with E-state index in [9.17, 15) is 4.79 Å². The van der Waals surface area contributed by atoms with Gasteiger partial charge in [0, 0.05) is 25.5 Å². The minimum absolute atomic E-state index is 0.127. The van der Waals surface area contributed by atoms with E-state index in [1.165, 1.54) is 0 Å². The summed E-state index contributed by atoms with van der Waals surface area (Å²) >= 11 is 0. The molecule has 122 valence electrons. The number of hydrogen-bond acceptors (Lipinski definition) is 4. The molecule has 0 spiro atoms. The van der Waals surface area contributed by atoms with Gasteiger partial charge in [-0.2, -0.15) is 0 Å². The van der Waals surface area contributed by atoms with E-state index in [0.29, 0.717) is 12.1 Å². The largest absolute Gasteiger partial charge is 0.370 e. The molecule has 1 N–H and O–H groups in total. The minimum atomic E-state index is -0.127. The van der Waals surface area contributed by atoms with Gasteiger partial charge in [0.25, 0.3) is 5.91 Å². The van der Waals surface area contributed by atoms with Crippen LogP contribution in [0.25, 0.3) is 0 Å². The van der Waals surface area contributed by atoms with Crippen LogP contribution >= 0.6 is 0 Å². The predicted molar refractivity (Wildman–Crippen MR) is 92.4 cm³/mol. The molecular formula is C18H24N4O. The maximum Gasteiger partial charge on any atom is 0.253 e. The van der Waals surface area contributed by atoms with Crippen molar-refractivity contribution < 1.29 is 4.79 Å². The van der Waals surface area contributed by atoms with Gasteiger partial charge < -0.3 is 10.2 Å². The van der Waals surface area contributed by atoms with Gasteiger partial charge in [-0.25, -0.2) is 0 Å². The standard InChI is InChI=1S/C18H24N4O/c1-3-9-22(10-4-2)17-11-15(12-19-14-17)18(23)21-13-16-7-5-6-8-20-16/h5-8,11-12,14H,3-4,9-10,13H2,1-2H3,(H,21,23). The summed E-state index contributed by atoms with van der Waals surface area (Å²) in [7, 11) is 0. The average molecular weight is 312 g/mol. The van der Waals surface area contributed by atoms with Crippen LogP contribution in [-0.4, -0.2) is 29.0 Å². The van der Waals surface area contributed by atoms with Crippen LogP contribution in [0, 0.1) is 0 Å². The van der Waals surface area contributed by atoms with Crippen LogP contribution in [0.1, 0.15) is 42.7 Å². The van der Waals surface area contributed by atoms with Gasteiger partial charge in [-0.05, 0) is 31.0 Å². The lowest BCUT2D eigenvalue weighted by Crippen LogP contribution is -2.27. The van der Waals surface area contributed by atoms with Crippen LogP contribution in [0.2, 0.25) is 0 Å². The molecule has 0 aliphatic carbocycles. The quantitative estimate of drug-likeness (QED) is 0.814. The molecule has 0 unspecified atom stereocenters. The summed E-state index contributed by atoms with van der Waals surface area (Å²) in [6.45, 7) is 6.65. The van der Waals surface area contributed by atoms with Gasteiger partial charge in [-0.15, -0.1) is 0 Å². The molecule has 5 nitrogen and oxygen atoms in total. The third-order valence-corrected chi connectivity index (χ3v) is 3.49. The third-order valence-electron chi connectivity index (χ3n) is 3.49. The number of pyridine rings is 2. The van der Waals surface area contributed by atoms with Crippen molar-refractivity contribution in [2.75, 3.05) is 18.0 Å². The summed E-state index contributed by atoms with van der Waals surface area (Å²) in [6, 6.07) is 7.56. The van der Waals surface area contributed by atoms with Crippen LogP contribution in [0.5, 0.6) is 0 Å². The zero-order valence-corrected chi connectivity index (χ0v) is 13.8. The molecular weight excluding hydrogens is 288 g/mol. The fraction of sp³-hybridized carbons (Fsp3) is 0.389. The van der Waals surface area contributed by atoms with Crippen molar-refractivity contribution in [2.45, 2.75) is 33.2 Å². The first-order valence-electron chi connectivity index (χ1n) is 8.12. The Morgan fingerprint density at radius 2 is 1.96 bits per heavy atom. The Balaban J connectivity index is 2.04. The summed E-state index contributed by atoms with van der Waals surface area (Å²) < 4.78 is 0. The second-order valence-electron chi connectivity index (χ2n) is 5.42. The normalized spacial score (nSPS) is 10.3. The fourth-order valence-corrected chi connectivity index (χ4v) is 2.41. The highest BCUT2D eigenvalue weighted by Gasteiger charge is 2.10. The Labute approximate surface area is 137 Å². The van der Waals surface area contributed by atoms with Gasteiger partial charge in [0.2, 0.25) is 0 Å². The van der Waals surface area contributed by atoms with E-state index in [4.69, 9.17) is 0 Å². The van der Waals surface area contributed by atoms with Gasteiger partial charge >= 0.3 is 0 Å². The van der Waals surface area contributed by atoms with Gasteiger partial charge in [0.15, 0.2) is 0 Å². The summed E-state index contributed by atoms with van der Waals surface area (Å²) in [5, 5.41) is 2.89. The third kappa shape index (κ3) is 5.06. The Kier molecular flexibility index (Phi) is 6.54. The van der Waals surface area contributed by atoms with Gasteiger partial charge in [0.1, 0.15) is 0 Å². The van der Waals surface area contributed by atoms with E-state index in [2.05, 4.69) is 34.0 Å². The molecule has 0 bridgehead atoms. The van der Waals surface area contributed by atoms with Crippen LogP contribution in [0.4, 0.5) is 5.69 Å². The lowest BCUT2D eigenvalue weighted by atomic mass is 10.2. The van der Waals surface area contributed by atoms with Gasteiger partial charge in [-0.3, -0.25) is 14.8 Å². The molecule has 0 radical (unpaired) electrons. The zero-order chi connectivity index (χ0) is 16.5. The maximum atomic E-state index is 12.3. The number of amides is 1. The molecule has 1 amide bonds. The fourth-order valence-electron chi connectivity index (χ4n) is 2.41. The van der Waals surface area contributed by atoms with Crippen molar-refractivity contribution in [3.05, 3.63) is 54.1 Å². The van der Waals surface area contributed by atoms with E-state index in [-0.39, 0.29) is 5.91 Å². The molecule has 0 saturated heterocycles. The van der Waals surface area contributed by atoms with Crippen LogP contribution in [0.3, 0.4) is 0 Å². The van der Waals surface area contributed by atoms with Crippen molar-refractivity contribution >= 4 is 11.6 Å². The first kappa shape index (κ1) is 16.9. The number of nitrogens with zero attached hydrogens (tertiary/aromatic N) is 3. The number of carbonyl (C=O) groups is 1. The molecule has 0 atom stereocenters. The summed E-state index contributed by atoms with van der Waals surface area (Å²) in [5.41, 5.74) is 2.42. The van der Waals surface area contributed by atoms with E-state index in [1.807, 2.05) is 30.5 Å². The Bertz CT molecular complexity index is 609. The molecule has 2 heterocycles. The number of rotatable bonds is 8. The van der Waals surface area contributed by atoms with Crippen LogP contribution in [0.15, 0.2) is 42.9 Å². The number of nitrogens with one attached hydrogen (secondary N) is 1. The van der Waals surface area contributed by atoms with Gasteiger partial charge in [0.05, 0.1) is 29.7 Å². The van der Waals surface area contributed by atoms with Gasteiger partial charge in [-0.1, -0.05) is 19.9 Å². The minimum Gasteiger partial charge on any atom is -0.370 e. The highest BCUT2D eigenvalue weighted by atomic mass is 16.1. The molecule has 5 heteroatoms. The summed E-state index contributed by atoms with van der Waals surface area (Å²) in [6.07, 6.45) is 7.28. The molecule has 2 aromatic heterocycles. The van der Waals surface area contributed by atoms with Crippen molar-refractivity contribution in [1.29, 1.82) is 0 Å². The Morgan fingerprint density at radius 1 is 1.17 bits per heavy atom. The predicted octanol–water partition coefficient (Wildman–Crippen LogP) is 3.03. The molecule has 0 aliphatic heterocycles. The van der Waals surface area contributed by atoms with Crippen molar-refractivity contribution in [3.8, 4) is 0 Å². The van der Waals surface area contributed by atoms with E-state index < -0.39 is 0 Å². The highest BCUT2D eigenvalue weighted by Crippen LogP contribution is 2.15. The average Bonchev–Trinajstić information content (AvgIpc) is 2.60. The highest BCUT2D eigenvalue weighted by molar-refractivity contribution is 5.94. The Hall–Kier alpha value is -2.43. The zero-order valence-electron chi connectivity index (χ0n) is 13.8. The number of carbonyl (C=O) groups excluding carboxylic acids is 1. The second kappa shape index (κ2) is 8.88. The van der Waals surface area contributed by atoms with Crippen LogP contribution < -0.4 is 10.2 Å². The maximum absolute atomic E-state index is 12.3. The lowest BCUT2D eigenvalue weighted by molar-refractivity contribution is 0.0950. The molecule has 2 aromatic rings. The lowest BCUT2D eigenvalue weighted by Gasteiger charge is -2.23. The summed E-state index contributed by atoms with van der Waals surface area (Å²) in [5.74, 6) is -0.127. The molecule has 2 rings (SSSR count). The SMILES string of the molecule is CCCN(CCC)c1cncc(C(=O)NCc2ccccn2)c1. The number of aromatic nitrogens is 2. The molecule has 0 aromatic carbocycles. The molecule has 0 aliphatic rings. The summed E-state index contributed by atoms with van der Waals surface area (Å²) in [4.78, 5) is 23.0. The number of hydrogen-bond donors (Lipinski definition) is 1. The molecule has 0 fully saturated rings. The van der Waals surface area contributed by atoms with E-state index in [1.54, 1.807) is 12.4 Å². The first-order valence-corrected chi connectivity index (χ1v) is 8.12. The first-order chi connectivity index (χ1) is 11.2. The molecule has 0 saturated carbocycles. The van der Waals surface area contributed by atoms with Crippen molar-refractivity contribution in [3.63, 3.8) is 0 Å². The van der Waals surface area contributed by atoms with E-state index in [0.717, 1.165) is 37.3 Å². The monoisotopic (exact) mass is 312 g/mol. The van der Waals surface area contributed by atoms with Crippen molar-refractivity contribution in [2.24, 2.45) is 0 Å². The second-order valence-corrected chi connectivity index (χ2v) is 5.42. The van der Waals surface area contributed by atoms with Crippen molar-refractivity contribution in [1.82, 2.24) is 15.3 Å².